The van der Waals surface area contributed by atoms with E-state index in [0.29, 0.717) is 18.4 Å². The van der Waals surface area contributed by atoms with Gasteiger partial charge in [-0.1, -0.05) is 44.4 Å². The van der Waals surface area contributed by atoms with E-state index < -0.39 is 0 Å². The van der Waals surface area contributed by atoms with Crippen LogP contribution in [0.5, 0.6) is 0 Å². The van der Waals surface area contributed by atoms with Crippen molar-refractivity contribution in [1.82, 2.24) is 0 Å². The number of nitrogens with two attached hydrogens (primary N) is 1. The number of rotatable bonds is 3. The van der Waals surface area contributed by atoms with Crippen LogP contribution in [0.15, 0.2) is 24.3 Å². The third kappa shape index (κ3) is 2.65. The van der Waals surface area contributed by atoms with E-state index in [1.807, 2.05) is 18.2 Å². The molecule has 1 aromatic carbocycles. The first-order chi connectivity index (χ1) is 8.57. The van der Waals surface area contributed by atoms with Crippen LogP contribution in [-0.4, -0.2) is 12.1 Å². The Balaban J connectivity index is 2.22. The van der Waals surface area contributed by atoms with Gasteiger partial charge in [0.2, 0.25) is 0 Å². The molecule has 0 spiro atoms. The first-order valence-electron chi connectivity index (χ1n) is 6.81. The SMILES string of the molecule is CC1CCCC(CN)(Nc2cccc(Cl)c2)C1C. The Morgan fingerprint density at radius 3 is 2.89 bits per heavy atom. The summed E-state index contributed by atoms with van der Waals surface area (Å²) in [5, 5.41) is 4.42. The molecule has 0 aliphatic heterocycles. The monoisotopic (exact) mass is 266 g/mol. The fourth-order valence-electron chi connectivity index (χ4n) is 3.13. The number of hydrogen-bond donors (Lipinski definition) is 2. The third-order valence-electron chi connectivity index (χ3n) is 4.59. The van der Waals surface area contributed by atoms with Crippen LogP contribution < -0.4 is 11.1 Å². The summed E-state index contributed by atoms with van der Waals surface area (Å²) in [6.07, 6.45) is 3.69. The van der Waals surface area contributed by atoms with Gasteiger partial charge in [-0.05, 0) is 36.5 Å². The maximum atomic E-state index is 6.08. The first kappa shape index (κ1) is 13.7. The second kappa shape index (κ2) is 5.50. The first-order valence-corrected chi connectivity index (χ1v) is 7.19. The summed E-state index contributed by atoms with van der Waals surface area (Å²) in [7, 11) is 0. The number of anilines is 1. The van der Waals surface area contributed by atoms with Crippen molar-refractivity contribution in [2.45, 2.75) is 38.6 Å². The molecule has 3 unspecified atom stereocenters. The molecule has 0 aromatic heterocycles. The molecule has 0 radical (unpaired) electrons. The maximum Gasteiger partial charge on any atom is 0.0523 e. The normalized spacial score (nSPS) is 32.2. The number of benzene rings is 1. The molecule has 3 heteroatoms. The Bertz CT molecular complexity index is 407. The highest BCUT2D eigenvalue weighted by Crippen LogP contribution is 2.39. The van der Waals surface area contributed by atoms with Gasteiger partial charge in [0.15, 0.2) is 0 Å². The number of nitrogens with one attached hydrogen (secondary N) is 1. The van der Waals surface area contributed by atoms with Crippen molar-refractivity contribution in [3.8, 4) is 0 Å². The number of halogens is 1. The smallest absolute Gasteiger partial charge is 0.0523 e. The van der Waals surface area contributed by atoms with Crippen molar-refractivity contribution < 1.29 is 0 Å². The minimum absolute atomic E-state index is 0.0162. The minimum Gasteiger partial charge on any atom is -0.378 e. The van der Waals surface area contributed by atoms with Crippen molar-refractivity contribution in [2.24, 2.45) is 17.6 Å². The van der Waals surface area contributed by atoms with Gasteiger partial charge in [-0.25, -0.2) is 0 Å². The molecule has 2 nitrogen and oxygen atoms in total. The predicted octanol–water partition coefficient (Wildman–Crippen LogP) is 3.91. The van der Waals surface area contributed by atoms with Gasteiger partial charge in [0, 0.05) is 17.3 Å². The van der Waals surface area contributed by atoms with E-state index in [-0.39, 0.29) is 5.54 Å². The van der Waals surface area contributed by atoms with E-state index in [2.05, 4.69) is 25.2 Å². The largest absolute Gasteiger partial charge is 0.378 e. The standard InChI is InChI=1S/C15H23ClN2/c1-11-5-4-8-15(10-17,12(11)2)18-14-7-3-6-13(16)9-14/h3,6-7,9,11-12,18H,4-5,8,10,17H2,1-2H3. The van der Waals surface area contributed by atoms with Crippen LogP contribution in [0.1, 0.15) is 33.1 Å². The summed E-state index contributed by atoms with van der Waals surface area (Å²) in [6.45, 7) is 5.31. The van der Waals surface area contributed by atoms with Crippen LogP contribution in [0.4, 0.5) is 5.69 Å². The van der Waals surface area contributed by atoms with Crippen LogP contribution >= 0.6 is 11.6 Å². The Kier molecular flexibility index (Phi) is 4.18. The lowest BCUT2D eigenvalue weighted by Gasteiger charge is -2.46. The van der Waals surface area contributed by atoms with Crippen molar-refractivity contribution in [1.29, 1.82) is 0 Å². The lowest BCUT2D eigenvalue weighted by molar-refractivity contribution is 0.168. The van der Waals surface area contributed by atoms with Gasteiger partial charge in [-0.2, -0.15) is 0 Å². The van der Waals surface area contributed by atoms with E-state index in [0.717, 1.165) is 17.1 Å². The zero-order chi connectivity index (χ0) is 13.2. The van der Waals surface area contributed by atoms with Gasteiger partial charge < -0.3 is 11.1 Å². The van der Waals surface area contributed by atoms with Crippen LogP contribution in [0, 0.1) is 11.8 Å². The molecular weight excluding hydrogens is 244 g/mol. The lowest BCUT2D eigenvalue weighted by atomic mass is 9.68. The highest BCUT2D eigenvalue weighted by Gasteiger charge is 2.40. The molecule has 0 bridgehead atoms. The lowest BCUT2D eigenvalue weighted by Crippen LogP contribution is -2.54. The fraction of sp³-hybridized carbons (Fsp3) is 0.600. The third-order valence-corrected chi connectivity index (χ3v) is 4.82. The van der Waals surface area contributed by atoms with Gasteiger partial charge in [0.1, 0.15) is 0 Å². The van der Waals surface area contributed by atoms with Gasteiger partial charge in [-0.3, -0.25) is 0 Å². The van der Waals surface area contributed by atoms with E-state index in [9.17, 15) is 0 Å². The molecule has 0 amide bonds. The topological polar surface area (TPSA) is 38.0 Å². The molecule has 1 saturated carbocycles. The van der Waals surface area contributed by atoms with Crippen molar-refractivity contribution >= 4 is 17.3 Å². The quantitative estimate of drug-likeness (QED) is 0.871. The second-order valence-corrected chi connectivity index (χ2v) is 6.09. The molecule has 3 atom stereocenters. The zero-order valence-electron chi connectivity index (χ0n) is 11.2. The maximum absolute atomic E-state index is 6.08. The predicted molar refractivity (Wildman–Crippen MR) is 79.0 cm³/mol. The summed E-state index contributed by atoms with van der Waals surface area (Å²) >= 11 is 6.04. The minimum atomic E-state index is 0.0162. The van der Waals surface area contributed by atoms with Gasteiger partial charge >= 0.3 is 0 Å². The van der Waals surface area contributed by atoms with Crippen LogP contribution in [-0.2, 0) is 0 Å². The van der Waals surface area contributed by atoms with Crippen molar-refractivity contribution in [2.75, 3.05) is 11.9 Å². The molecule has 18 heavy (non-hydrogen) atoms. The molecule has 3 N–H and O–H groups in total. The molecular formula is C15H23ClN2. The summed E-state index contributed by atoms with van der Waals surface area (Å²) in [6, 6.07) is 7.92. The molecule has 1 aliphatic rings. The Hall–Kier alpha value is -0.730. The highest BCUT2D eigenvalue weighted by atomic mass is 35.5. The van der Waals surface area contributed by atoms with E-state index >= 15 is 0 Å². The van der Waals surface area contributed by atoms with Crippen LogP contribution in [0.3, 0.4) is 0 Å². The average molecular weight is 267 g/mol. The number of hydrogen-bond acceptors (Lipinski definition) is 2. The van der Waals surface area contributed by atoms with Gasteiger partial charge in [-0.15, -0.1) is 0 Å². The molecule has 100 valence electrons. The summed E-state index contributed by atoms with van der Waals surface area (Å²) in [4.78, 5) is 0. The van der Waals surface area contributed by atoms with Crippen LogP contribution in [0.25, 0.3) is 0 Å². The summed E-state index contributed by atoms with van der Waals surface area (Å²) in [5.74, 6) is 1.30. The fourth-order valence-corrected chi connectivity index (χ4v) is 3.32. The Morgan fingerprint density at radius 1 is 1.44 bits per heavy atom. The Morgan fingerprint density at radius 2 is 2.22 bits per heavy atom. The molecule has 1 aromatic rings. The molecule has 0 heterocycles. The molecule has 2 rings (SSSR count). The summed E-state index contributed by atoms with van der Waals surface area (Å²) < 4.78 is 0. The van der Waals surface area contributed by atoms with Crippen LogP contribution in [0.2, 0.25) is 5.02 Å². The van der Waals surface area contributed by atoms with Gasteiger partial charge in [0.05, 0.1) is 5.54 Å². The van der Waals surface area contributed by atoms with E-state index in [1.54, 1.807) is 0 Å². The van der Waals surface area contributed by atoms with Crippen molar-refractivity contribution in [3.05, 3.63) is 29.3 Å². The molecule has 1 fully saturated rings. The van der Waals surface area contributed by atoms with Gasteiger partial charge in [0.25, 0.3) is 0 Å². The van der Waals surface area contributed by atoms with E-state index in [4.69, 9.17) is 17.3 Å². The Labute approximate surface area is 115 Å². The average Bonchev–Trinajstić information content (AvgIpc) is 2.35. The zero-order valence-corrected chi connectivity index (χ0v) is 12.0. The van der Waals surface area contributed by atoms with Crippen molar-refractivity contribution in [3.63, 3.8) is 0 Å². The molecule has 1 aliphatic carbocycles. The summed E-state index contributed by atoms with van der Waals surface area (Å²) in [5.41, 5.74) is 7.18. The highest BCUT2D eigenvalue weighted by molar-refractivity contribution is 6.30. The second-order valence-electron chi connectivity index (χ2n) is 5.65. The molecule has 0 saturated heterocycles. The van der Waals surface area contributed by atoms with E-state index in [1.165, 1.54) is 12.8 Å².